The number of allylic oxidation sites excluding steroid dienone is 1. The number of carbonyl (C=O) groups excluding carboxylic acids is 2. The van der Waals surface area contributed by atoms with Crippen LogP contribution >= 0.6 is 0 Å². The number of aliphatic hydroxyl groups is 1. The van der Waals surface area contributed by atoms with Gasteiger partial charge in [-0.25, -0.2) is 9.59 Å². The van der Waals surface area contributed by atoms with Gasteiger partial charge in [-0.1, -0.05) is 12.7 Å². The molecule has 7 nitrogen and oxygen atoms in total. The average molecular weight is 376 g/mol. The number of esters is 2. The number of ether oxygens (including phenoxy) is 4. The highest BCUT2D eigenvalue weighted by molar-refractivity contribution is 5.91. The number of carbonyl (C=O) groups is 2. The number of hydrogen-bond donors (Lipinski definition) is 1. The molecule has 27 heavy (non-hydrogen) atoms. The number of fused-ring (bicyclic) bond motifs is 6. The topological polar surface area (TPSA) is 97.9 Å². The van der Waals surface area contributed by atoms with Crippen LogP contribution in [0, 0.1) is 17.8 Å². The van der Waals surface area contributed by atoms with Crippen LogP contribution in [0.5, 0.6) is 0 Å². The molecule has 5 rings (SSSR count). The Balaban J connectivity index is 1.56. The van der Waals surface area contributed by atoms with Gasteiger partial charge < -0.3 is 24.1 Å². The van der Waals surface area contributed by atoms with E-state index >= 15 is 0 Å². The van der Waals surface area contributed by atoms with E-state index in [1.807, 2.05) is 6.92 Å². The summed E-state index contributed by atoms with van der Waals surface area (Å²) in [4.78, 5) is 24.8. The molecule has 0 unspecified atom stereocenters. The van der Waals surface area contributed by atoms with E-state index in [2.05, 4.69) is 6.58 Å². The first kappa shape index (κ1) is 17.4. The van der Waals surface area contributed by atoms with E-state index in [0.29, 0.717) is 24.2 Å². The molecule has 0 aromatic carbocycles. The van der Waals surface area contributed by atoms with Crippen molar-refractivity contribution in [1.29, 1.82) is 0 Å². The van der Waals surface area contributed by atoms with Crippen LogP contribution in [0.2, 0.25) is 0 Å². The second kappa shape index (κ2) is 5.21. The maximum atomic E-state index is 12.4. The van der Waals surface area contributed by atoms with E-state index in [9.17, 15) is 14.7 Å². The fourth-order valence-electron chi connectivity index (χ4n) is 5.65. The Kier molecular flexibility index (Phi) is 3.36. The van der Waals surface area contributed by atoms with Crippen LogP contribution in [0.1, 0.15) is 27.2 Å². The van der Waals surface area contributed by atoms with E-state index < -0.39 is 47.4 Å². The molecule has 0 bridgehead atoms. The van der Waals surface area contributed by atoms with Crippen LogP contribution < -0.4 is 0 Å². The molecule has 5 aliphatic rings. The quantitative estimate of drug-likeness (QED) is 0.434. The third kappa shape index (κ3) is 2.13. The van der Waals surface area contributed by atoms with Crippen molar-refractivity contribution in [2.75, 3.05) is 6.61 Å². The molecule has 0 amide bonds. The van der Waals surface area contributed by atoms with Gasteiger partial charge in [0.15, 0.2) is 0 Å². The number of rotatable bonds is 2. The highest BCUT2D eigenvalue weighted by atomic mass is 16.6. The fraction of sp³-hybridized carbons (Fsp3) is 0.700. The Bertz CT molecular complexity index is 781. The molecule has 0 radical (unpaired) electrons. The summed E-state index contributed by atoms with van der Waals surface area (Å²) in [5, 5.41) is 10.9. The van der Waals surface area contributed by atoms with Crippen LogP contribution in [0.25, 0.3) is 0 Å². The normalized spacial score (nSPS) is 52.6. The van der Waals surface area contributed by atoms with Gasteiger partial charge in [-0.2, -0.15) is 0 Å². The van der Waals surface area contributed by atoms with Crippen molar-refractivity contribution in [3.63, 3.8) is 0 Å². The van der Waals surface area contributed by atoms with Gasteiger partial charge in [0.25, 0.3) is 0 Å². The van der Waals surface area contributed by atoms with E-state index in [1.54, 1.807) is 19.9 Å². The number of hydrogen-bond acceptors (Lipinski definition) is 7. The van der Waals surface area contributed by atoms with Crippen molar-refractivity contribution in [2.24, 2.45) is 17.8 Å². The molecule has 146 valence electrons. The summed E-state index contributed by atoms with van der Waals surface area (Å²) in [6.07, 6.45) is -0.0127. The molecular weight excluding hydrogens is 352 g/mol. The van der Waals surface area contributed by atoms with Gasteiger partial charge >= 0.3 is 11.9 Å². The van der Waals surface area contributed by atoms with Crippen LogP contribution in [0.3, 0.4) is 0 Å². The fourth-order valence-corrected chi connectivity index (χ4v) is 5.65. The van der Waals surface area contributed by atoms with Gasteiger partial charge in [0.2, 0.25) is 0 Å². The molecule has 3 saturated heterocycles. The third-order valence-electron chi connectivity index (χ3n) is 7.31. The molecule has 1 N–H and O–H groups in total. The van der Waals surface area contributed by atoms with E-state index in [4.69, 9.17) is 18.9 Å². The first-order valence-corrected chi connectivity index (χ1v) is 9.47. The molecule has 2 saturated carbocycles. The Morgan fingerprint density at radius 3 is 2.74 bits per heavy atom. The predicted octanol–water partition coefficient (Wildman–Crippen LogP) is 0.899. The lowest BCUT2D eigenvalue weighted by molar-refractivity contribution is -0.149. The predicted molar refractivity (Wildman–Crippen MR) is 91.4 cm³/mol. The lowest BCUT2D eigenvalue weighted by Gasteiger charge is -2.33. The summed E-state index contributed by atoms with van der Waals surface area (Å²) in [7, 11) is 0. The number of epoxide rings is 2. The monoisotopic (exact) mass is 376 g/mol. The van der Waals surface area contributed by atoms with Crippen molar-refractivity contribution in [2.45, 2.75) is 62.8 Å². The molecule has 1 spiro atoms. The van der Waals surface area contributed by atoms with Crippen LogP contribution in [-0.2, 0) is 28.5 Å². The standard InChI is InChI=1S/C20H24O7/c1-5-8(2)17(22)25-10-6-20(7-24-20)12-13(19(4)16(27-19)14(12)21)15-11(10)9(3)18(23)26-15/h5,10-16,21H,3,6-7H2,1-2,4H3/b8-5+/t10-,11-,12+,13+,14+,15+,16-,19+,20+/m1/s1. The Morgan fingerprint density at radius 2 is 2.11 bits per heavy atom. The second-order valence-electron chi connectivity index (χ2n) is 8.66. The van der Waals surface area contributed by atoms with E-state index in [1.165, 1.54) is 0 Å². The summed E-state index contributed by atoms with van der Waals surface area (Å²) in [5.41, 5.74) is -0.324. The van der Waals surface area contributed by atoms with Crippen LogP contribution in [-0.4, -0.2) is 59.3 Å². The van der Waals surface area contributed by atoms with Crippen molar-refractivity contribution >= 4 is 11.9 Å². The summed E-state index contributed by atoms with van der Waals surface area (Å²) in [5.74, 6) is -1.81. The summed E-state index contributed by atoms with van der Waals surface area (Å²) < 4.78 is 23.2. The molecule has 9 atom stereocenters. The molecule has 5 fully saturated rings. The van der Waals surface area contributed by atoms with Crippen molar-refractivity contribution in [3.8, 4) is 0 Å². The van der Waals surface area contributed by atoms with Gasteiger partial charge in [-0.05, 0) is 20.8 Å². The average Bonchev–Trinajstić information content (AvgIpc) is 3.50. The van der Waals surface area contributed by atoms with Gasteiger partial charge in [-0.15, -0.1) is 0 Å². The van der Waals surface area contributed by atoms with Crippen molar-refractivity contribution in [3.05, 3.63) is 23.8 Å². The maximum Gasteiger partial charge on any atom is 0.334 e. The first-order valence-electron chi connectivity index (χ1n) is 9.47. The van der Waals surface area contributed by atoms with Gasteiger partial charge in [0.05, 0.1) is 18.6 Å². The lowest BCUT2D eigenvalue weighted by atomic mass is 9.76. The highest BCUT2D eigenvalue weighted by Crippen LogP contribution is 2.67. The van der Waals surface area contributed by atoms with Crippen molar-refractivity contribution < 1.29 is 33.6 Å². The molecule has 0 aromatic rings. The lowest BCUT2D eigenvalue weighted by Crippen LogP contribution is -2.44. The zero-order valence-electron chi connectivity index (χ0n) is 15.6. The van der Waals surface area contributed by atoms with Gasteiger partial charge in [-0.3, -0.25) is 0 Å². The number of aliphatic hydroxyl groups excluding tert-OH is 1. The van der Waals surface area contributed by atoms with E-state index in [0.717, 1.165) is 0 Å². The Labute approximate surface area is 157 Å². The summed E-state index contributed by atoms with van der Waals surface area (Å²) >= 11 is 0. The maximum absolute atomic E-state index is 12.4. The SMILES string of the molecule is C=C1C(=O)O[C@H]2[C@H]1[C@H](OC(=O)/C(C)=C/C)C[C@]1(CO1)[C@@H]1[C@H](O)[C@H]3O[C@@]3(C)[C@H]21. The minimum atomic E-state index is -0.692. The largest absolute Gasteiger partial charge is 0.458 e. The minimum absolute atomic E-state index is 0.222. The highest BCUT2D eigenvalue weighted by Gasteiger charge is 2.81. The molecule has 3 heterocycles. The van der Waals surface area contributed by atoms with E-state index in [-0.39, 0.29) is 17.9 Å². The van der Waals surface area contributed by atoms with Gasteiger partial charge in [0.1, 0.15) is 29.5 Å². The summed E-state index contributed by atoms with van der Waals surface area (Å²) in [6, 6.07) is 0. The Hall–Kier alpha value is -1.70. The molecular formula is C20H24O7. The van der Waals surface area contributed by atoms with Gasteiger partial charge in [0, 0.05) is 29.4 Å². The smallest absolute Gasteiger partial charge is 0.334 e. The third-order valence-corrected chi connectivity index (χ3v) is 7.31. The zero-order chi connectivity index (χ0) is 19.3. The Morgan fingerprint density at radius 1 is 1.41 bits per heavy atom. The molecule has 3 aliphatic heterocycles. The minimum Gasteiger partial charge on any atom is -0.458 e. The second-order valence-corrected chi connectivity index (χ2v) is 8.66. The zero-order valence-corrected chi connectivity index (χ0v) is 15.6. The molecule has 7 heteroatoms. The molecule has 0 aromatic heterocycles. The first-order chi connectivity index (χ1) is 12.7. The van der Waals surface area contributed by atoms with Crippen molar-refractivity contribution in [1.82, 2.24) is 0 Å². The van der Waals surface area contributed by atoms with Crippen LogP contribution in [0.4, 0.5) is 0 Å². The molecule has 2 aliphatic carbocycles. The van der Waals surface area contributed by atoms with Crippen LogP contribution in [0.15, 0.2) is 23.8 Å². The summed E-state index contributed by atoms with van der Waals surface area (Å²) in [6.45, 7) is 9.82.